The summed E-state index contributed by atoms with van der Waals surface area (Å²) < 4.78 is 0. The quantitative estimate of drug-likeness (QED) is 0.644. The summed E-state index contributed by atoms with van der Waals surface area (Å²) in [7, 11) is 0. The fourth-order valence-corrected chi connectivity index (χ4v) is 1.98. The molecule has 0 atom stereocenters. The van der Waals surface area contributed by atoms with Crippen molar-refractivity contribution >= 4 is 12.0 Å². The third-order valence-corrected chi connectivity index (χ3v) is 2.87. The molecule has 6 heteroatoms. The van der Waals surface area contributed by atoms with Gasteiger partial charge in [-0.25, -0.2) is 4.79 Å². The molecule has 1 fully saturated rings. The first-order chi connectivity index (χ1) is 8.63. The van der Waals surface area contributed by atoms with Crippen LogP contribution in [-0.2, 0) is 4.79 Å². The largest absolute Gasteiger partial charge is 0.480 e. The highest BCUT2D eigenvalue weighted by atomic mass is 16.4. The van der Waals surface area contributed by atoms with E-state index in [-0.39, 0.29) is 19.1 Å². The van der Waals surface area contributed by atoms with Crippen molar-refractivity contribution in [2.24, 2.45) is 0 Å². The molecule has 1 aliphatic heterocycles. The van der Waals surface area contributed by atoms with Gasteiger partial charge in [0.1, 0.15) is 6.54 Å². The lowest BCUT2D eigenvalue weighted by atomic mass is 10.4. The van der Waals surface area contributed by atoms with Crippen molar-refractivity contribution in [2.75, 3.05) is 39.3 Å². The number of carboxylic acids is 1. The average molecular weight is 255 g/mol. The Morgan fingerprint density at radius 3 is 2.61 bits per heavy atom. The minimum absolute atomic E-state index is 0.238. The number of carbonyl (C=O) groups excluding carboxylic acids is 1. The lowest BCUT2D eigenvalue weighted by Gasteiger charge is -2.21. The van der Waals surface area contributed by atoms with E-state index in [1.54, 1.807) is 0 Å². The summed E-state index contributed by atoms with van der Waals surface area (Å²) in [6.45, 7) is 6.98. The molecule has 0 bridgehead atoms. The Morgan fingerprint density at radius 1 is 1.39 bits per heavy atom. The molecule has 0 unspecified atom stereocenters. The van der Waals surface area contributed by atoms with Crippen LogP contribution in [-0.4, -0.2) is 66.2 Å². The van der Waals surface area contributed by atoms with Crippen molar-refractivity contribution in [3.8, 4) is 0 Å². The van der Waals surface area contributed by atoms with E-state index in [0.717, 1.165) is 19.6 Å². The number of likely N-dealkylation sites (tertiary alicyclic amines) is 1. The molecule has 0 aromatic heterocycles. The first kappa shape index (κ1) is 14.5. The van der Waals surface area contributed by atoms with Crippen LogP contribution in [0.5, 0.6) is 0 Å². The highest BCUT2D eigenvalue weighted by molar-refractivity contribution is 5.80. The molecule has 0 radical (unpaired) electrons. The van der Waals surface area contributed by atoms with Crippen molar-refractivity contribution in [1.82, 2.24) is 15.1 Å². The number of urea groups is 1. The third-order valence-electron chi connectivity index (χ3n) is 2.87. The standard InChI is InChI=1S/C12H21N3O3/c1-2-6-15(10-11(16)17)12(18)13-5-9-14-7-3-4-8-14/h2H,1,3-10H2,(H,13,18)(H,16,17). The van der Waals surface area contributed by atoms with Gasteiger partial charge in [0.05, 0.1) is 0 Å². The van der Waals surface area contributed by atoms with Crippen molar-refractivity contribution in [1.29, 1.82) is 0 Å². The SMILES string of the molecule is C=CCN(CC(=O)O)C(=O)NCCN1CCCC1. The van der Waals surface area contributed by atoms with Crippen LogP contribution < -0.4 is 5.32 Å². The van der Waals surface area contributed by atoms with E-state index in [1.807, 2.05) is 0 Å². The van der Waals surface area contributed by atoms with Crippen LogP contribution in [0.4, 0.5) is 4.79 Å². The molecular weight excluding hydrogens is 234 g/mol. The highest BCUT2D eigenvalue weighted by Gasteiger charge is 2.16. The number of amides is 2. The molecule has 1 aliphatic rings. The fraction of sp³-hybridized carbons (Fsp3) is 0.667. The van der Waals surface area contributed by atoms with Crippen molar-refractivity contribution in [3.05, 3.63) is 12.7 Å². The van der Waals surface area contributed by atoms with Gasteiger partial charge in [-0.3, -0.25) is 4.79 Å². The highest BCUT2D eigenvalue weighted by Crippen LogP contribution is 2.05. The molecule has 0 saturated carbocycles. The molecule has 0 aromatic carbocycles. The molecule has 6 nitrogen and oxygen atoms in total. The summed E-state index contributed by atoms with van der Waals surface area (Å²) >= 11 is 0. The number of nitrogens with zero attached hydrogens (tertiary/aromatic N) is 2. The van der Waals surface area contributed by atoms with Gasteiger partial charge in [-0.1, -0.05) is 6.08 Å². The molecule has 18 heavy (non-hydrogen) atoms. The number of hydrogen-bond acceptors (Lipinski definition) is 3. The van der Waals surface area contributed by atoms with E-state index < -0.39 is 5.97 Å². The predicted octanol–water partition coefficient (Wildman–Crippen LogP) is 0.364. The van der Waals surface area contributed by atoms with Gasteiger partial charge in [-0.05, 0) is 25.9 Å². The van der Waals surface area contributed by atoms with Crippen LogP contribution in [0.3, 0.4) is 0 Å². The summed E-state index contributed by atoms with van der Waals surface area (Å²) in [6, 6.07) is -0.350. The number of carboxylic acid groups (broad SMARTS) is 1. The number of rotatable bonds is 7. The summed E-state index contributed by atoms with van der Waals surface area (Å²) in [5, 5.41) is 11.4. The minimum atomic E-state index is -1.02. The molecule has 1 heterocycles. The smallest absolute Gasteiger partial charge is 0.323 e. The van der Waals surface area contributed by atoms with Crippen molar-refractivity contribution < 1.29 is 14.7 Å². The molecule has 102 valence electrons. The first-order valence-corrected chi connectivity index (χ1v) is 6.21. The second kappa shape index (κ2) is 7.71. The average Bonchev–Trinajstić information content (AvgIpc) is 2.81. The topological polar surface area (TPSA) is 72.9 Å². The maximum absolute atomic E-state index is 11.7. The van der Waals surface area contributed by atoms with Crippen LogP contribution >= 0.6 is 0 Å². The Labute approximate surface area is 107 Å². The second-order valence-electron chi connectivity index (χ2n) is 4.34. The summed E-state index contributed by atoms with van der Waals surface area (Å²) in [5.74, 6) is -1.02. The van der Waals surface area contributed by atoms with Crippen molar-refractivity contribution in [2.45, 2.75) is 12.8 Å². The van der Waals surface area contributed by atoms with Gasteiger partial charge in [0.2, 0.25) is 0 Å². The first-order valence-electron chi connectivity index (χ1n) is 6.21. The van der Waals surface area contributed by atoms with Gasteiger partial charge in [-0.15, -0.1) is 6.58 Å². The van der Waals surface area contributed by atoms with Gasteiger partial charge in [0.25, 0.3) is 0 Å². The zero-order chi connectivity index (χ0) is 13.4. The van der Waals surface area contributed by atoms with Gasteiger partial charge in [0, 0.05) is 19.6 Å². The van der Waals surface area contributed by atoms with Crippen molar-refractivity contribution in [3.63, 3.8) is 0 Å². The molecule has 0 aromatic rings. The maximum Gasteiger partial charge on any atom is 0.323 e. The van der Waals surface area contributed by atoms with Gasteiger partial charge >= 0.3 is 12.0 Å². The number of aliphatic carboxylic acids is 1. The monoisotopic (exact) mass is 255 g/mol. The molecule has 0 aliphatic carbocycles. The van der Waals surface area contributed by atoms with Gasteiger partial charge in [-0.2, -0.15) is 0 Å². The fourth-order valence-electron chi connectivity index (χ4n) is 1.98. The van der Waals surface area contributed by atoms with E-state index in [4.69, 9.17) is 5.11 Å². The molecule has 2 N–H and O–H groups in total. The van der Waals surface area contributed by atoms with E-state index in [2.05, 4.69) is 16.8 Å². The second-order valence-corrected chi connectivity index (χ2v) is 4.34. The molecule has 2 amide bonds. The maximum atomic E-state index is 11.7. The molecule has 0 spiro atoms. The Kier molecular flexibility index (Phi) is 6.21. The van der Waals surface area contributed by atoms with E-state index in [0.29, 0.717) is 6.54 Å². The lowest BCUT2D eigenvalue weighted by Crippen LogP contribution is -2.44. The Balaban J connectivity index is 2.26. The number of nitrogens with one attached hydrogen (secondary N) is 1. The summed E-state index contributed by atoms with van der Waals surface area (Å²) in [4.78, 5) is 25.8. The summed E-state index contributed by atoms with van der Waals surface area (Å²) in [6.07, 6.45) is 3.95. The normalized spacial score (nSPS) is 15.3. The zero-order valence-electron chi connectivity index (χ0n) is 10.6. The van der Waals surface area contributed by atoms with Crippen LogP contribution in [0, 0.1) is 0 Å². The van der Waals surface area contributed by atoms with E-state index in [9.17, 15) is 9.59 Å². The Hall–Kier alpha value is -1.56. The molecule has 1 rings (SSSR count). The van der Waals surface area contributed by atoms with Crippen LogP contribution in [0.25, 0.3) is 0 Å². The number of carbonyl (C=O) groups is 2. The minimum Gasteiger partial charge on any atom is -0.480 e. The summed E-state index contributed by atoms with van der Waals surface area (Å²) in [5.41, 5.74) is 0. The van der Waals surface area contributed by atoms with Crippen LogP contribution in [0.15, 0.2) is 12.7 Å². The van der Waals surface area contributed by atoms with Gasteiger partial charge < -0.3 is 20.2 Å². The molecular formula is C12H21N3O3. The Morgan fingerprint density at radius 2 is 2.06 bits per heavy atom. The predicted molar refractivity (Wildman–Crippen MR) is 68.5 cm³/mol. The van der Waals surface area contributed by atoms with E-state index >= 15 is 0 Å². The zero-order valence-corrected chi connectivity index (χ0v) is 10.6. The van der Waals surface area contributed by atoms with Gasteiger partial charge in [0.15, 0.2) is 0 Å². The van der Waals surface area contributed by atoms with Crippen LogP contribution in [0.1, 0.15) is 12.8 Å². The van der Waals surface area contributed by atoms with E-state index in [1.165, 1.54) is 23.8 Å². The number of hydrogen-bond donors (Lipinski definition) is 2. The third kappa shape index (κ3) is 5.18. The lowest BCUT2D eigenvalue weighted by molar-refractivity contribution is -0.137. The Bertz CT molecular complexity index is 301. The molecule has 1 saturated heterocycles. The van der Waals surface area contributed by atoms with Crippen LogP contribution in [0.2, 0.25) is 0 Å².